The second kappa shape index (κ2) is 8.51. The molecule has 1 amide bonds. The number of fused-ring (bicyclic) bond motifs is 3. The smallest absolute Gasteiger partial charge is 0.291 e. The van der Waals surface area contributed by atoms with Gasteiger partial charge in [-0.1, -0.05) is 24.3 Å². The van der Waals surface area contributed by atoms with Gasteiger partial charge in [-0.3, -0.25) is 14.0 Å². The fourth-order valence-corrected chi connectivity index (χ4v) is 3.83. The Balaban J connectivity index is 1.54. The zero-order valence-corrected chi connectivity index (χ0v) is 17.7. The molecule has 0 saturated heterocycles. The first-order valence-corrected chi connectivity index (χ1v) is 9.98. The van der Waals surface area contributed by atoms with Crippen LogP contribution in [0.2, 0.25) is 0 Å². The van der Waals surface area contributed by atoms with Crippen LogP contribution in [0.5, 0.6) is 11.5 Å². The highest BCUT2D eigenvalue weighted by Crippen LogP contribution is 2.28. The third kappa shape index (κ3) is 3.84. The normalized spacial score (nSPS) is 11.1. The summed E-state index contributed by atoms with van der Waals surface area (Å²) in [5.74, 6) is 1.80. The topological polar surface area (TPSA) is 86.9 Å². The van der Waals surface area contributed by atoms with E-state index in [0.717, 1.165) is 22.2 Å². The van der Waals surface area contributed by atoms with Crippen LogP contribution >= 0.6 is 0 Å². The number of para-hydroxylation sites is 1. The van der Waals surface area contributed by atoms with Crippen molar-refractivity contribution in [3.05, 3.63) is 70.3 Å². The summed E-state index contributed by atoms with van der Waals surface area (Å²) in [5, 5.41) is 8.03. The number of aryl methyl sites for hydroxylation is 1. The van der Waals surface area contributed by atoms with Crippen LogP contribution in [0.4, 0.5) is 0 Å². The Morgan fingerprint density at radius 2 is 1.77 bits per heavy atom. The predicted octanol–water partition coefficient (Wildman–Crippen LogP) is 2.33. The lowest BCUT2D eigenvalue weighted by atomic mass is 10.1. The number of hydrogen-bond donors (Lipinski definition) is 1. The Morgan fingerprint density at radius 3 is 2.55 bits per heavy atom. The number of aromatic nitrogens is 3. The van der Waals surface area contributed by atoms with Crippen molar-refractivity contribution in [2.24, 2.45) is 0 Å². The van der Waals surface area contributed by atoms with E-state index in [-0.39, 0.29) is 18.0 Å². The Labute approximate surface area is 179 Å². The highest BCUT2D eigenvalue weighted by molar-refractivity contribution is 5.92. The van der Waals surface area contributed by atoms with E-state index >= 15 is 0 Å². The number of nitrogens with one attached hydrogen (secondary N) is 1. The second-order valence-corrected chi connectivity index (χ2v) is 7.18. The van der Waals surface area contributed by atoms with Crippen LogP contribution < -0.4 is 20.3 Å². The largest absolute Gasteiger partial charge is 0.496 e. The Morgan fingerprint density at radius 1 is 1.03 bits per heavy atom. The van der Waals surface area contributed by atoms with Gasteiger partial charge in [-0.05, 0) is 43.2 Å². The molecule has 2 heterocycles. The molecule has 0 unspecified atom stereocenters. The van der Waals surface area contributed by atoms with Crippen molar-refractivity contribution in [2.45, 2.75) is 19.9 Å². The van der Waals surface area contributed by atoms with Gasteiger partial charge in [-0.15, -0.1) is 0 Å². The van der Waals surface area contributed by atoms with Gasteiger partial charge in [0.25, 0.3) is 5.56 Å². The lowest BCUT2D eigenvalue weighted by Gasteiger charge is -2.11. The average molecular weight is 420 g/mol. The van der Waals surface area contributed by atoms with Crippen LogP contribution in [0, 0.1) is 6.92 Å². The van der Waals surface area contributed by atoms with E-state index in [4.69, 9.17) is 9.47 Å². The van der Waals surface area contributed by atoms with Crippen LogP contribution in [-0.4, -0.2) is 40.9 Å². The van der Waals surface area contributed by atoms with E-state index in [1.54, 1.807) is 31.6 Å². The first-order valence-electron chi connectivity index (χ1n) is 9.98. The zero-order chi connectivity index (χ0) is 22.0. The van der Waals surface area contributed by atoms with E-state index in [2.05, 4.69) is 10.4 Å². The molecule has 0 aliphatic carbocycles. The van der Waals surface area contributed by atoms with Gasteiger partial charge in [0.2, 0.25) is 5.91 Å². The molecule has 4 aromatic rings. The molecule has 160 valence electrons. The lowest BCUT2D eigenvalue weighted by molar-refractivity contribution is -0.121. The van der Waals surface area contributed by atoms with E-state index in [1.165, 1.54) is 4.68 Å². The van der Waals surface area contributed by atoms with Crippen molar-refractivity contribution in [1.29, 1.82) is 0 Å². The molecule has 8 heteroatoms. The number of carbonyl (C=O) groups excluding carboxylic acids is 1. The number of methoxy groups -OCH3 is 2. The number of rotatable bonds is 7. The van der Waals surface area contributed by atoms with Gasteiger partial charge < -0.3 is 14.8 Å². The standard InChI is InChI=1S/C23H24N4O4/c1-15-25-26(14-22(28)24-12-11-16-7-4-5-9-20(16)30-2)23(29)19-13-17-18(27(15)19)8-6-10-21(17)31-3/h4-10,13H,11-12,14H2,1-3H3,(H,24,28). The van der Waals surface area contributed by atoms with Crippen LogP contribution in [-0.2, 0) is 17.8 Å². The summed E-state index contributed by atoms with van der Waals surface area (Å²) in [7, 11) is 3.21. The lowest BCUT2D eigenvalue weighted by Crippen LogP contribution is -2.35. The van der Waals surface area contributed by atoms with Gasteiger partial charge >= 0.3 is 0 Å². The molecule has 0 spiro atoms. The predicted molar refractivity (Wildman–Crippen MR) is 118 cm³/mol. The minimum absolute atomic E-state index is 0.152. The van der Waals surface area contributed by atoms with Gasteiger partial charge in [-0.25, -0.2) is 4.68 Å². The Kier molecular flexibility index (Phi) is 5.62. The molecule has 0 aliphatic heterocycles. The van der Waals surface area contributed by atoms with E-state index in [0.29, 0.717) is 30.1 Å². The fourth-order valence-electron chi connectivity index (χ4n) is 3.83. The number of carbonyl (C=O) groups is 1. The van der Waals surface area contributed by atoms with Crippen molar-refractivity contribution in [2.75, 3.05) is 20.8 Å². The molecule has 1 N–H and O–H groups in total. The summed E-state index contributed by atoms with van der Waals surface area (Å²) in [6.45, 7) is 2.09. The van der Waals surface area contributed by atoms with E-state index in [1.807, 2.05) is 42.5 Å². The summed E-state index contributed by atoms with van der Waals surface area (Å²) in [6.07, 6.45) is 0.625. The maximum atomic E-state index is 13.0. The maximum absolute atomic E-state index is 13.0. The van der Waals surface area contributed by atoms with Crippen molar-refractivity contribution < 1.29 is 14.3 Å². The Bertz CT molecular complexity index is 1320. The third-order valence-corrected chi connectivity index (χ3v) is 5.27. The molecule has 0 aliphatic rings. The van der Waals surface area contributed by atoms with Gasteiger partial charge in [-0.2, -0.15) is 5.10 Å². The molecule has 0 radical (unpaired) electrons. The number of benzene rings is 2. The summed E-state index contributed by atoms with van der Waals surface area (Å²) in [6, 6.07) is 15.1. The first kappa shape index (κ1) is 20.5. The fraction of sp³-hybridized carbons (Fsp3) is 0.261. The van der Waals surface area contributed by atoms with Crippen molar-refractivity contribution in [3.8, 4) is 11.5 Å². The quantitative estimate of drug-likeness (QED) is 0.496. The minimum Gasteiger partial charge on any atom is -0.496 e. The zero-order valence-electron chi connectivity index (χ0n) is 17.7. The SMILES string of the molecule is COc1ccccc1CCNC(=O)Cn1nc(C)n2c(cc3c(OC)cccc32)c1=O. The maximum Gasteiger partial charge on any atom is 0.291 e. The molecular formula is C23H24N4O4. The summed E-state index contributed by atoms with van der Waals surface area (Å²) in [5.41, 5.74) is 1.97. The third-order valence-electron chi connectivity index (χ3n) is 5.27. The molecule has 2 aromatic heterocycles. The molecule has 31 heavy (non-hydrogen) atoms. The molecule has 0 bridgehead atoms. The molecule has 0 atom stereocenters. The number of hydrogen-bond acceptors (Lipinski definition) is 5. The highest BCUT2D eigenvalue weighted by Gasteiger charge is 2.16. The number of ether oxygens (including phenoxy) is 2. The monoisotopic (exact) mass is 420 g/mol. The van der Waals surface area contributed by atoms with Crippen LogP contribution in [0.25, 0.3) is 16.4 Å². The molecular weight excluding hydrogens is 396 g/mol. The molecule has 0 saturated carbocycles. The second-order valence-electron chi connectivity index (χ2n) is 7.18. The van der Waals surface area contributed by atoms with Crippen LogP contribution in [0.3, 0.4) is 0 Å². The highest BCUT2D eigenvalue weighted by atomic mass is 16.5. The molecule has 8 nitrogen and oxygen atoms in total. The van der Waals surface area contributed by atoms with Gasteiger partial charge in [0.15, 0.2) is 0 Å². The molecule has 0 fully saturated rings. The Hall–Kier alpha value is -3.81. The van der Waals surface area contributed by atoms with E-state index < -0.39 is 0 Å². The van der Waals surface area contributed by atoms with E-state index in [9.17, 15) is 9.59 Å². The summed E-state index contributed by atoms with van der Waals surface area (Å²) in [4.78, 5) is 25.5. The van der Waals surface area contributed by atoms with Crippen LogP contribution in [0.15, 0.2) is 53.3 Å². The number of nitrogens with zero attached hydrogens (tertiary/aromatic N) is 3. The number of amides is 1. The van der Waals surface area contributed by atoms with Gasteiger partial charge in [0.05, 0.1) is 19.7 Å². The minimum atomic E-state index is -0.330. The summed E-state index contributed by atoms with van der Waals surface area (Å²) < 4.78 is 13.7. The van der Waals surface area contributed by atoms with Crippen LogP contribution in [0.1, 0.15) is 11.4 Å². The van der Waals surface area contributed by atoms with Gasteiger partial charge in [0.1, 0.15) is 29.4 Å². The average Bonchev–Trinajstić information content (AvgIpc) is 3.18. The van der Waals surface area contributed by atoms with Crippen molar-refractivity contribution in [1.82, 2.24) is 19.5 Å². The first-order chi connectivity index (χ1) is 15.0. The van der Waals surface area contributed by atoms with Crippen molar-refractivity contribution >= 4 is 22.3 Å². The molecule has 4 rings (SSSR count). The summed E-state index contributed by atoms with van der Waals surface area (Å²) >= 11 is 0. The van der Waals surface area contributed by atoms with Gasteiger partial charge in [0, 0.05) is 11.9 Å². The van der Waals surface area contributed by atoms with Crippen molar-refractivity contribution in [3.63, 3.8) is 0 Å². The molecule has 2 aromatic carbocycles.